The maximum absolute atomic E-state index is 12.5. The number of hydrogen-bond donors (Lipinski definition) is 1. The minimum Gasteiger partial charge on any atom is -0.347 e. The summed E-state index contributed by atoms with van der Waals surface area (Å²) >= 11 is 17.4. The quantitative estimate of drug-likeness (QED) is 0.539. The highest BCUT2D eigenvalue weighted by Gasteiger charge is 2.38. The number of para-hydroxylation sites is 1. The van der Waals surface area contributed by atoms with Gasteiger partial charge in [-0.25, -0.2) is 0 Å². The molecule has 0 aromatic heterocycles. The van der Waals surface area contributed by atoms with E-state index in [2.05, 4.69) is 36.2 Å². The number of nitrogens with one attached hydrogen (secondary N) is 1. The first-order valence-electron chi connectivity index (χ1n) is 8.07. The predicted molar refractivity (Wildman–Crippen MR) is 112 cm³/mol. The number of anilines is 1. The normalized spacial score (nSPS) is 16.5. The first kappa shape index (κ1) is 18.9. The molecule has 0 aliphatic carbocycles. The number of rotatable bonds is 2. The van der Waals surface area contributed by atoms with Crippen molar-refractivity contribution in [1.82, 2.24) is 5.32 Å². The van der Waals surface area contributed by atoms with E-state index in [9.17, 15) is 4.79 Å². The fourth-order valence-electron chi connectivity index (χ4n) is 3.27. The molecule has 1 aliphatic heterocycles. The average Bonchev–Trinajstić information content (AvgIpc) is 2.76. The summed E-state index contributed by atoms with van der Waals surface area (Å²) in [6.45, 7) is 4.28. The lowest BCUT2D eigenvalue weighted by Gasteiger charge is -2.24. The van der Waals surface area contributed by atoms with E-state index >= 15 is 0 Å². The first-order chi connectivity index (χ1) is 12.2. The molecule has 1 amide bonds. The minimum absolute atomic E-state index is 0.210. The zero-order valence-corrected chi connectivity index (χ0v) is 17.0. The summed E-state index contributed by atoms with van der Waals surface area (Å²) in [7, 11) is 2.00. The second-order valence-corrected chi connectivity index (χ2v) is 7.96. The summed E-state index contributed by atoms with van der Waals surface area (Å²) in [5.41, 5.74) is 3.51. The van der Waals surface area contributed by atoms with Gasteiger partial charge in [0.25, 0.3) is 5.91 Å². The third kappa shape index (κ3) is 3.37. The van der Waals surface area contributed by atoms with Gasteiger partial charge in [-0.15, -0.1) is 0 Å². The van der Waals surface area contributed by atoms with Crippen molar-refractivity contribution in [3.63, 3.8) is 0 Å². The van der Waals surface area contributed by atoms with E-state index in [0.29, 0.717) is 15.6 Å². The molecule has 0 saturated heterocycles. The van der Waals surface area contributed by atoms with Crippen LogP contribution in [0.2, 0.25) is 10.0 Å². The largest absolute Gasteiger partial charge is 0.347 e. The molecule has 0 unspecified atom stereocenters. The number of hydrogen-bond acceptors (Lipinski definition) is 3. The van der Waals surface area contributed by atoms with Gasteiger partial charge in [0, 0.05) is 28.9 Å². The molecule has 0 radical (unpaired) electrons. The Bertz CT molecular complexity index is 937. The van der Waals surface area contributed by atoms with Crippen molar-refractivity contribution in [3.05, 3.63) is 75.4 Å². The van der Waals surface area contributed by atoms with Crippen LogP contribution in [0, 0.1) is 0 Å². The van der Waals surface area contributed by atoms with Gasteiger partial charge < -0.3 is 10.2 Å². The fraction of sp³-hybridized carbons (Fsp3) is 0.200. The van der Waals surface area contributed by atoms with Crippen LogP contribution in [-0.4, -0.2) is 17.9 Å². The zero-order chi connectivity index (χ0) is 19.1. The van der Waals surface area contributed by atoms with Gasteiger partial charge in [0.05, 0.1) is 10.6 Å². The predicted octanol–water partition coefficient (Wildman–Crippen LogP) is 5.36. The van der Waals surface area contributed by atoms with Crippen molar-refractivity contribution in [2.45, 2.75) is 19.3 Å². The molecule has 0 fully saturated rings. The maximum atomic E-state index is 12.5. The van der Waals surface area contributed by atoms with E-state index in [4.69, 9.17) is 35.4 Å². The van der Waals surface area contributed by atoms with Gasteiger partial charge in [0.15, 0.2) is 0 Å². The van der Waals surface area contributed by atoms with Gasteiger partial charge in [0.1, 0.15) is 4.99 Å². The number of halogens is 2. The van der Waals surface area contributed by atoms with Crippen LogP contribution < -0.4 is 10.2 Å². The molecule has 1 heterocycles. The number of likely N-dealkylation sites (N-methyl/N-ethyl adjacent to an activating group) is 1. The maximum Gasteiger partial charge on any atom is 0.257 e. The second kappa shape index (κ2) is 7.03. The topological polar surface area (TPSA) is 32.3 Å². The lowest BCUT2D eigenvalue weighted by molar-refractivity contribution is 0.0978. The highest BCUT2D eigenvalue weighted by Crippen LogP contribution is 2.46. The highest BCUT2D eigenvalue weighted by atomic mass is 35.5. The van der Waals surface area contributed by atoms with Crippen molar-refractivity contribution < 1.29 is 4.79 Å². The van der Waals surface area contributed by atoms with Gasteiger partial charge in [-0.2, -0.15) is 0 Å². The van der Waals surface area contributed by atoms with Gasteiger partial charge in [0.2, 0.25) is 0 Å². The van der Waals surface area contributed by atoms with Crippen LogP contribution >= 0.6 is 35.4 Å². The summed E-state index contributed by atoms with van der Waals surface area (Å²) in [4.78, 5) is 14.9. The van der Waals surface area contributed by atoms with E-state index in [1.807, 2.05) is 25.3 Å². The van der Waals surface area contributed by atoms with E-state index in [-0.39, 0.29) is 16.3 Å². The van der Waals surface area contributed by atoms with E-state index in [1.165, 1.54) is 11.6 Å². The lowest BCUT2D eigenvalue weighted by atomic mass is 9.84. The molecule has 3 nitrogen and oxygen atoms in total. The third-order valence-corrected chi connectivity index (χ3v) is 5.39. The highest BCUT2D eigenvalue weighted by molar-refractivity contribution is 7.80. The number of fused-ring (bicyclic) bond motifs is 1. The Balaban J connectivity index is 1.84. The summed E-state index contributed by atoms with van der Waals surface area (Å²) < 4.78 is 0. The number of carbonyl (C=O) groups excluding carboxylic acids is 1. The van der Waals surface area contributed by atoms with Crippen LogP contribution in [-0.2, 0) is 5.41 Å². The Labute approximate surface area is 168 Å². The molecule has 26 heavy (non-hydrogen) atoms. The van der Waals surface area contributed by atoms with Crippen molar-refractivity contribution >= 4 is 52.0 Å². The average molecular weight is 405 g/mol. The van der Waals surface area contributed by atoms with Crippen molar-refractivity contribution in [2.24, 2.45) is 0 Å². The van der Waals surface area contributed by atoms with E-state index in [0.717, 1.165) is 11.4 Å². The van der Waals surface area contributed by atoms with Crippen molar-refractivity contribution in [1.29, 1.82) is 0 Å². The SMILES string of the molecule is CN1C(=CC(=S)NC(=O)c2ccc(Cl)cc2Cl)C(C)(C)c2ccccc21. The fourth-order valence-corrected chi connectivity index (χ4v) is 3.97. The van der Waals surface area contributed by atoms with Gasteiger partial charge >= 0.3 is 0 Å². The van der Waals surface area contributed by atoms with Gasteiger partial charge in [-0.05, 0) is 35.9 Å². The lowest BCUT2D eigenvalue weighted by Crippen LogP contribution is -2.31. The Hall–Kier alpha value is -1.88. The van der Waals surface area contributed by atoms with Crippen molar-refractivity contribution in [2.75, 3.05) is 11.9 Å². The van der Waals surface area contributed by atoms with E-state index in [1.54, 1.807) is 12.1 Å². The van der Waals surface area contributed by atoms with Crippen LogP contribution in [0.1, 0.15) is 29.8 Å². The van der Waals surface area contributed by atoms with Crippen LogP contribution in [0.5, 0.6) is 0 Å². The number of nitrogens with zero attached hydrogens (tertiary/aromatic N) is 1. The number of benzene rings is 2. The summed E-state index contributed by atoms with van der Waals surface area (Å²) in [6.07, 6.45) is 1.83. The Morgan fingerprint density at radius 3 is 2.54 bits per heavy atom. The Morgan fingerprint density at radius 1 is 1.19 bits per heavy atom. The Morgan fingerprint density at radius 2 is 1.88 bits per heavy atom. The first-order valence-corrected chi connectivity index (χ1v) is 9.24. The molecule has 0 saturated carbocycles. The number of carbonyl (C=O) groups is 1. The van der Waals surface area contributed by atoms with Crippen LogP contribution in [0.3, 0.4) is 0 Å². The molecule has 3 rings (SSSR count). The summed E-state index contributed by atoms with van der Waals surface area (Å²) in [5.74, 6) is -0.357. The number of allylic oxidation sites excluding steroid dienone is 1. The molecular formula is C20H18Cl2N2OS. The van der Waals surface area contributed by atoms with Gasteiger partial charge in [-0.3, -0.25) is 4.79 Å². The number of amides is 1. The summed E-state index contributed by atoms with van der Waals surface area (Å²) in [6, 6.07) is 13.0. The minimum atomic E-state index is -0.357. The third-order valence-electron chi connectivity index (χ3n) is 4.62. The molecule has 134 valence electrons. The second-order valence-electron chi connectivity index (χ2n) is 6.67. The Kier molecular flexibility index (Phi) is 5.11. The summed E-state index contributed by atoms with van der Waals surface area (Å²) in [5, 5.41) is 3.49. The monoisotopic (exact) mass is 404 g/mol. The van der Waals surface area contributed by atoms with Crippen LogP contribution in [0.15, 0.2) is 54.2 Å². The molecule has 1 N–H and O–H groups in total. The molecule has 0 spiro atoms. The molecule has 1 aliphatic rings. The van der Waals surface area contributed by atoms with Crippen LogP contribution in [0.4, 0.5) is 5.69 Å². The van der Waals surface area contributed by atoms with Crippen LogP contribution in [0.25, 0.3) is 0 Å². The standard InChI is InChI=1S/C20H18Cl2N2OS/c1-20(2)14-6-4-5-7-16(14)24(3)17(20)11-18(26)23-19(25)13-9-8-12(21)10-15(13)22/h4-11H,1-3H3,(H,23,25,26). The number of thiocarbonyl (C=S) groups is 1. The van der Waals surface area contributed by atoms with Crippen molar-refractivity contribution in [3.8, 4) is 0 Å². The molecular weight excluding hydrogens is 387 g/mol. The smallest absolute Gasteiger partial charge is 0.257 e. The molecule has 2 aromatic carbocycles. The molecule has 0 atom stereocenters. The zero-order valence-electron chi connectivity index (χ0n) is 14.6. The van der Waals surface area contributed by atoms with Gasteiger partial charge in [-0.1, -0.05) is 67.5 Å². The molecule has 2 aromatic rings. The van der Waals surface area contributed by atoms with E-state index < -0.39 is 0 Å². The molecule has 0 bridgehead atoms. The molecule has 6 heteroatoms.